The zero-order chi connectivity index (χ0) is 17.5. The van der Waals surface area contributed by atoms with E-state index in [1.807, 2.05) is 49.6 Å². The van der Waals surface area contributed by atoms with Gasteiger partial charge in [-0.2, -0.15) is 5.10 Å². The Morgan fingerprint density at radius 1 is 1.12 bits per heavy atom. The molecular weight excluding hydrogens is 312 g/mol. The summed E-state index contributed by atoms with van der Waals surface area (Å²) in [5, 5.41) is 7.61. The highest BCUT2D eigenvalue weighted by Crippen LogP contribution is 2.07. The van der Waals surface area contributed by atoms with Gasteiger partial charge < -0.3 is 10.2 Å². The molecule has 3 aromatic rings. The smallest absolute Gasteiger partial charge is 0.193 e. The highest BCUT2D eigenvalue weighted by atomic mass is 15.3. The van der Waals surface area contributed by atoms with E-state index in [-0.39, 0.29) is 0 Å². The molecule has 0 fully saturated rings. The van der Waals surface area contributed by atoms with Crippen molar-refractivity contribution >= 4 is 5.96 Å². The normalized spacial score (nSPS) is 11.4. The van der Waals surface area contributed by atoms with E-state index in [1.165, 1.54) is 5.56 Å². The number of benzene rings is 1. The molecule has 0 aliphatic rings. The second-order valence-electron chi connectivity index (χ2n) is 5.72. The predicted molar refractivity (Wildman–Crippen MR) is 99.5 cm³/mol. The van der Waals surface area contributed by atoms with Gasteiger partial charge in [0.05, 0.1) is 0 Å². The number of rotatable bonds is 5. The van der Waals surface area contributed by atoms with Crippen molar-refractivity contribution in [1.29, 1.82) is 0 Å². The Morgan fingerprint density at radius 3 is 2.68 bits per heavy atom. The van der Waals surface area contributed by atoms with Crippen LogP contribution in [0.2, 0.25) is 0 Å². The lowest BCUT2D eigenvalue weighted by Crippen LogP contribution is -2.38. The average Bonchev–Trinajstić information content (AvgIpc) is 3.18. The Labute approximate surface area is 147 Å². The van der Waals surface area contributed by atoms with Crippen LogP contribution in [0, 0.1) is 0 Å². The molecule has 0 amide bonds. The molecule has 3 rings (SSSR count). The summed E-state index contributed by atoms with van der Waals surface area (Å²) in [6.07, 6.45) is 5.42. The number of hydrogen-bond acceptors (Lipinski definition) is 3. The summed E-state index contributed by atoms with van der Waals surface area (Å²) in [6, 6.07) is 16.2. The van der Waals surface area contributed by atoms with Crippen LogP contribution in [0.25, 0.3) is 5.82 Å². The fourth-order valence-corrected chi connectivity index (χ4v) is 2.60. The molecule has 0 saturated heterocycles. The Bertz CT molecular complexity index is 811. The highest BCUT2D eigenvalue weighted by molar-refractivity contribution is 5.79. The molecule has 0 atom stereocenters. The number of nitrogens with one attached hydrogen (secondary N) is 1. The maximum absolute atomic E-state index is 4.37. The molecule has 25 heavy (non-hydrogen) atoms. The average molecular weight is 334 g/mol. The lowest BCUT2D eigenvalue weighted by atomic mass is 10.2. The van der Waals surface area contributed by atoms with Crippen molar-refractivity contribution < 1.29 is 0 Å². The Kier molecular flexibility index (Phi) is 5.41. The van der Waals surface area contributed by atoms with Crippen molar-refractivity contribution in [2.75, 3.05) is 14.1 Å². The van der Waals surface area contributed by atoms with Gasteiger partial charge in [-0.3, -0.25) is 4.99 Å². The van der Waals surface area contributed by atoms with Crippen molar-refractivity contribution in [2.45, 2.75) is 13.1 Å². The topological polar surface area (TPSA) is 58.3 Å². The summed E-state index contributed by atoms with van der Waals surface area (Å²) in [5.74, 6) is 1.65. The largest absolute Gasteiger partial charge is 0.352 e. The Morgan fingerprint density at radius 2 is 1.96 bits per heavy atom. The van der Waals surface area contributed by atoms with Gasteiger partial charge in [-0.1, -0.05) is 30.3 Å². The van der Waals surface area contributed by atoms with E-state index in [9.17, 15) is 0 Å². The van der Waals surface area contributed by atoms with E-state index in [0.717, 1.165) is 23.9 Å². The van der Waals surface area contributed by atoms with Crippen LogP contribution in [0.3, 0.4) is 0 Å². The first kappa shape index (κ1) is 16.7. The van der Waals surface area contributed by atoms with E-state index in [4.69, 9.17) is 0 Å². The van der Waals surface area contributed by atoms with E-state index in [0.29, 0.717) is 6.54 Å². The number of guanidine groups is 1. The zero-order valence-corrected chi connectivity index (χ0v) is 14.5. The van der Waals surface area contributed by atoms with Gasteiger partial charge in [-0.15, -0.1) is 0 Å². The third kappa shape index (κ3) is 4.44. The van der Waals surface area contributed by atoms with Crippen molar-refractivity contribution in [3.8, 4) is 5.82 Å². The number of aromatic nitrogens is 3. The molecule has 0 bridgehead atoms. The first-order chi connectivity index (χ1) is 12.3. The van der Waals surface area contributed by atoms with Crippen LogP contribution in [0.4, 0.5) is 0 Å². The summed E-state index contributed by atoms with van der Waals surface area (Å²) in [6.45, 7) is 1.47. The molecule has 6 nitrogen and oxygen atoms in total. The Balaban J connectivity index is 1.62. The molecule has 128 valence electrons. The standard InChI is InChI=1S/C19H22N6/c1-20-19(24(2)15-16-7-4-3-5-8-16)22-14-17-9-11-21-18(13-17)25-12-6-10-23-25/h3-13H,14-15H2,1-2H3,(H,20,22). The SMILES string of the molecule is CN=C(NCc1ccnc(-n2cccn2)c1)N(C)Cc1ccccc1. The first-order valence-corrected chi connectivity index (χ1v) is 8.17. The maximum Gasteiger partial charge on any atom is 0.193 e. The third-order valence-corrected chi connectivity index (χ3v) is 3.84. The molecule has 1 aromatic carbocycles. The van der Waals surface area contributed by atoms with Gasteiger partial charge in [0.25, 0.3) is 0 Å². The minimum absolute atomic E-state index is 0.669. The lowest BCUT2D eigenvalue weighted by molar-refractivity contribution is 0.476. The summed E-state index contributed by atoms with van der Waals surface area (Å²) < 4.78 is 1.75. The predicted octanol–water partition coefficient (Wildman–Crippen LogP) is 2.47. The van der Waals surface area contributed by atoms with Crippen molar-refractivity contribution in [3.05, 3.63) is 78.2 Å². The highest BCUT2D eigenvalue weighted by Gasteiger charge is 2.07. The fourth-order valence-electron chi connectivity index (χ4n) is 2.60. The van der Waals surface area contributed by atoms with Crippen LogP contribution in [0.15, 0.2) is 72.1 Å². The molecule has 1 N–H and O–H groups in total. The van der Waals surface area contributed by atoms with Crippen LogP contribution in [-0.4, -0.2) is 39.7 Å². The van der Waals surface area contributed by atoms with E-state index >= 15 is 0 Å². The molecule has 6 heteroatoms. The number of aliphatic imine (C=N–C) groups is 1. The minimum Gasteiger partial charge on any atom is -0.352 e. The quantitative estimate of drug-likeness (QED) is 0.575. The van der Waals surface area contributed by atoms with Crippen LogP contribution in [0.5, 0.6) is 0 Å². The molecular formula is C19H22N6. The minimum atomic E-state index is 0.669. The van der Waals surface area contributed by atoms with Gasteiger partial charge in [-0.05, 0) is 29.3 Å². The van der Waals surface area contributed by atoms with E-state index < -0.39 is 0 Å². The van der Waals surface area contributed by atoms with Gasteiger partial charge in [0.1, 0.15) is 0 Å². The summed E-state index contributed by atoms with van der Waals surface area (Å²) in [7, 11) is 3.83. The van der Waals surface area contributed by atoms with E-state index in [2.05, 4.69) is 37.4 Å². The van der Waals surface area contributed by atoms with Crippen LogP contribution >= 0.6 is 0 Å². The van der Waals surface area contributed by atoms with Gasteiger partial charge in [0.15, 0.2) is 11.8 Å². The van der Waals surface area contributed by atoms with E-state index in [1.54, 1.807) is 24.1 Å². The van der Waals surface area contributed by atoms with Crippen molar-refractivity contribution in [1.82, 2.24) is 25.0 Å². The molecule has 0 radical (unpaired) electrons. The molecule has 2 heterocycles. The van der Waals surface area contributed by atoms with Crippen molar-refractivity contribution in [2.24, 2.45) is 4.99 Å². The van der Waals surface area contributed by atoms with Gasteiger partial charge in [0, 0.05) is 45.8 Å². The Hall–Kier alpha value is -3.15. The van der Waals surface area contributed by atoms with Gasteiger partial charge in [0.2, 0.25) is 0 Å². The molecule has 0 unspecified atom stereocenters. The van der Waals surface area contributed by atoms with Crippen LogP contribution < -0.4 is 5.32 Å². The fraction of sp³-hybridized carbons (Fsp3) is 0.211. The molecule has 0 saturated carbocycles. The van der Waals surface area contributed by atoms with Gasteiger partial charge >= 0.3 is 0 Å². The molecule has 0 aliphatic heterocycles. The third-order valence-electron chi connectivity index (χ3n) is 3.84. The summed E-state index contributed by atoms with van der Waals surface area (Å²) in [5.41, 5.74) is 2.37. The van der Waals surface area contributed by atoms with Gasteiger partial charge in [-0.25, -0.2) is 9.67 Å². The second-order valence-corrected chi connectivity index (χ2v) is 5.72. The summed E-state index contributed by atoms with van der Waals surface area (Å²) >= 11 is 0. The summed E-state index contributed by atoms with van der Waals surface area (Å²) in [4.78, 5) is 10.8. The number of pyridine rings is 1. The first-order valence-electron chi connectivity index (χ1n) is 8.17. The van der Waals surface area contributed by atoms with Crippen LogP contribution in [-0.2, 0) is 13.1 Å². The van der Waals surface area contributed by atoms with Crippen LogP contribution in [0.1, 0.15) is 11.1 Å². The lowest BCUT2D eigenvalue weighted by Gasteiger charge is -2.22. The van der Waals surface area contributed by atoms with Crippen molar-refractivity contribution in [3.63, 3.8) is 0 Å². The zero-order valence-electron chi connectivity index (χ0n) is 14.5. The molecule has 0 spiro atoms. The monoisotopic (exact) mass is 334 g/mol. The molecule has 0 aliphatic carbocycles. The number of hydrogen-bond donors (Lipinski definition) is 1. The number of nitrogens with zero attached hydrogens (tertiary/aromatic N) is 5. The maximum atomic E-state index is 4.37. The second kappa shape index (κ2) is 8.10. The molecule has 2 aromatic heterocycles.